The number of hydrogen-bond donors (Lipinski definition) is 3. The molecule has 3 aromatic rings. The number of halogens is 1. The van der Waals surface area contributed by atoms with Gasteiger partial charge in [0.2, 0.25) is 5.91 Å². The molecule has 0 heterocycles. The minimum absolute atomic E-state index is 0.0796. The molecular formula is C31H39ClN2O5Si. The van der Waals surface area contributed by atoms with Crippen molar-refractivity contribution in [2.45, 2.75) is 64.8 Å². The van der Waals surface area contributed by atoms with Crippen molar-refractivity contribution in [2.24, 2.45) is 0 Å². The lowest BCUT2D eigenvalue weighted by Crippen LogP contribution is -2.40. The molecule has 0 saturated carbocycles. The first-order chi connectivity index (χ1) is 18.8. The summed E-state index contributed by atoms with van der Waals surface area (Å²) in [6.07, 6.45) is 0.337. The Kier molecular flexibility index (Phi) is 10.4. The SMILES string of the molecule is COc1cc(NC(=O)CCCc2ccc(-c3ccccc3)c(NC(=O)O)c2)c(Cl)cc1CO[Si](C)(C)C(C)(C)C. The number of rotatable bonds is 11. The van der Waals surface area contributed by atoms with Crippen LogP contribution in [0.3, 0.4) is 0 Å². The quantitative estimate of drug-likeness (QED) is 0.197. The molecule has 3 rings (SSSR count). The second-order valence-corrected chi connectivity index (χ2v) is 16.5. The van der Waals surface area contributed by atoms with Gasteiger partial charge >= 0.3 is 6.09 Å². The molecule has 0 aromatic heterocycles. The number of anilines is 2. The number of methoxy groups -OCH3 is 1. The number of aryl methyl sites for hydroxylation is 1. The zero-order valence-corrected chi connectivity index (χ0v) is 25.8. The minimum Gasteiger partial charge on any atom is -0.496 e. The van der Waals surface area contributed by atoms with Crippen LogP contribution >= 0.6 is 11.6 Å². The number of nitrogens with one attached hydrogen (secondary N) is 2. The lowest BCUT2D eigenvalue weighted by atomic mass is 9.99. The highest BCUT2D eigenvalue weighted by Gasteiger charge is 2.37. The maximum atomic E-state index is 12.7. The second-order valence-electron chi connectivity index (χ2n) is 11.3. The molecule has 2 amide bonds. The number of amides is 2. The van der Waals surface area contributed by atoms with E-state index in [1.807, 2.05) is 48.5 Å². The maximum Gasteiger partial charge on any atom is 0.409 e. The van der Waals surface area contributed by atoms with E-state index in [9.17, 15) is 14.7 Å². The van der Waals surface area contributed by atoms with E-state index in [-0.39, 0.29) is 17.4 Å². The fourth-order valence-corrected chi connectivity index (χ4v) is 5.15. The summed E-state index contributed by atoms with van der Waals surface area (Å²) < 4.78 is 11.9. The van der Waals surface area contributed by atoms with Gasteiger partial charge in [-0.25, -0.2) is 4.79 Å². The zero-order valence-electron chi connectivity index (χ0n) is 24.1. The van der Waals surface area contributed by atoms with Gasteiger partial charge in [-0.1, -0.05) is 74.8 Å². The van der Waals surface area contributed by atoms with Crippen LogP contribution in [0.2, 0.25) is 23.2 Å². The fraction of sp³-hybridized carbons (Fsp3) is 0.355. The Bertz CT molecular complexity index is 1340. The second kappa shape index (κ2) is 13.3. The molecule has 214 valence electrons. The topological polar surface area (TPSA) is 96.9 Å². The molecule has 3 N–H and O–H groups in total. The number of benzene rings is 3. The van der Waals surface area contributed by atoms with Gasteiger partial charge in [0, 0.05) is 23.6 Å². The van der Waals surface area contributed by atoms with Crippen molar-refractivity contribution in [3.05, 3.63) is 76.8 Å². The van der Waals surface area contributed by atoms with Gasteiger partial charge in [0.1, 0.15) is 5.75 Å². The van der Waals surface area contributed by atoms with Crippen LogP contribution in [0.15, 0.2) is 60.7 Å². The first-order valence-corrected chi connectivity index (χ1v) is 16.6. The van der Waals surface area contributed by atoms with Crippen LogP contribution < -0.4 is 15.4 Å². The van der Waals surface area contributed by atoms with Crippen molar-refractivity contribution >= 4 is 43.3 Å². The van der Waals surface area contributed by atoms with Gasteiger partial charge in [-0.3, -0.25) is 10.1 Å². The molecule has 0 saturated heterocycles. The molecule has 0 radical (unpaired) electrons. The molecular weight excluding hydrogens is 544 g/mol. The first kappa shape index (κ1) is 31.2. The zero-order chi connectivity index (χ0) is 29.5. The first-order valence-electron chi connectivity index (χ1n) is 13.3. The third kappa shape index (κ3) is 8.33. The molecule has 9 heteroatoms. The summed E-state index contributed by atoms with van der Waals surface area (Å²) in [4.78, 5) is 24.1. The van der Waals surface area contributed by atoms with Crippen molar-refractivity contribution < 1.29 is 23.9 Å². The highest BCUT2D eigenvalue weighted by Crippen LogP contribution is 2.39. The molecule has 0 unspecified atom stereocenters. The Balaban J connectivity index is 1.63. The fourth-order valence-electron chi connectivity index (χ4n) is 3.97. The molecule has 40 heavy (non-hydrogen) atoms. The summed E-state index contributed by atoms with van der Waals surface area (Å²) in [5, 5.41) is 15.2. The van der Waals surface area contributed by atoms with E-state index in [0.29, 0.717) is 41.6 Å². The summed E-state index contributed by atoms with van der Waals surface area (Å²) >= 11 is 6.53. The molecule has 0 fully saturated rings. The maximum absolute atomic E-state index is 12.7. The highest BCUT2D eigenvalue weighted by molar-refractivity contribution is 6.74. The predicted molar refractivity (Wildman–Crippen MR) is 165 cm³/mol. The van der Waals surface area contributed by atoms with E-state index in [1.54, 1.807) is 19.2 Å². The van der Waals surface area contributed by atoms with Crippen LogP contribution in [0.5, 0.6) is 5.75 Å². The Morgan fingerprint density at radius 1 is 0.975 bits per heavy atom. The molecule has 0 spiro atoms. The monoisotopic (exact) mass is 582 g/mol. The number of carboxylic acid groups (broad SMARTS) is 1. The lowest BCUT2D eigenvalue weighted by Gasteiger charge is -2.36. The average Bonchev–Trinajstić information content (AvgIpc) is 2.88. The standard InChI is InChI=1S/C31H39ClN2O5Si/c1-31(2,3)40(5,6)39-20-23-18-25(32)27(19-28(23)38-4)33-29(35)14-10-11-21-15-16-24(22-12-8-7-9-13-22)26(17-21)34-30(36)37/h7-9,12-13,15-19,34H,10-11,14,20H2,1-6H3,(H,33,35)(H,36,37). The summed E-state index contributed by atoms with van der Waals surface area (Å²) in [7, 11) is -0.373. The van der Waals surface area contributed by atoms with E-state index < -0.39 is 14.4 Å². The van der Waals surface area contributed by atoms with Crippen LogP contribution in [0.1, 0.15) is 44.7 Å². The van der Waals surface area contributed by atoms with Gasteiger partial charge in [0.25, 0.3) is 0 Å². The van der Waals surface area contributed by atoms with E-state index in [4.69, 9.17) is 20.8 Å². The summed E-state index contributed by atoms with van der Waals surface area (Å²) in [6, 6.07) is 18.8. The minimum atomic E-state index is -1.96. The number of carbonyl (C=O) groups excluding carboxylic acids is 1. The molecule has 0 atom stereocenters. The number of carbonyl (C=O) groups is 2. The van der Waals surface area contributed by atoms with Gasteiger partial charge in [-0.15, -0.1) is 0 Å². The van der Waals surface area contributed by atoms with E-state index in [1.165, 1.54) is 0 Å². The molecule has 0 aliphatic rings. The Labute approximate surface area is 243 Å². The van der Waals surface area contributed by atoms with Gasteiger partial charge < -0.3 is 19.6 Å². The summed E-state index contributed by atoms with van der Waals surface area (Å²) in [6.45, 7) is 11.3. The van der Waals surface area contributed by atoms with Gasteiger partial charge in [0.15, 0.2) is 8.32 Å². The molecule has 0 aliphatic carbocycles. The third-order valence-corrected chi connectivity index (χ3v) is 12.1. The van der Waals surface area contributed by atoms with Gasteiger partial charge in [-0.05, 0) is 54.2 Å². The molecule has 3 aromatic carbocycles. The van der Waals surface area contributed by atoms with Crippen molar-refractivity contribution in [1.29, 1.82) is 0 Å². The smallest absolute Gasteiger partial charge is 0.409 e. The van der Waals surface area contributed by atoms with Gasteiger partial charge in [0.05, 0.1) is 30.1 Å². The van der Waals surface area contributed by atoms with Crippen molar-refractivity contribution in [3.8, 4) is 16.9 Å². The number of hydrogen-bond acceptors (Lipinski definition) is 4. The van der Waals surface area contributed by atoms with E-state index in [0.717, 1.165) is 22.3 Å². The van der Waals surface area contributed by atoms with Crippen molar-refractivity contribution in [3.63, 3.8) is 0 Å². The average molecular weight is 583 g/mol. The predicted octanol–water partition coefficient (Wildman–Crippen LogP) is 8.59. The lowest BCUT2D eigenvalue weighted by molar-refractivity contribution is -0.116. The van der Waals surface area contributed by atoms with Crippen LogP contribution in [0.4, 0.5) is 16.2 Å². The van der Waals surface area contributed by atoms with Crippen molar-refractivity contribution in [1.82, 2.24) is 0 Å². The van der Waals surface area contributed by atoms with Crippen LogP contribution in [-0.2, 0) is 22.2 Å². The van der Waals surface area contributed by atoms with E-state index >= 15 is 0 Å². The molecule has 0 bridgehead atoms. The van der Waals surface area contributed by atoms with Gasteiger partial charge in [-0.2, -0.15) is 0 Å². The normalized spacial score (nSPS) is 11.7. The molecule has 0 aliphatic heterocycles. The van der Waals surface area contributed by atoms with Crippen molar-refractivity contribution in [2.75, 3.05) is 17.7 Å². The third-order valence-electron chi connectivity index (χ3n) is 7.32. The Hall–Kier alpha value is -3.33. The largest absolute Gasteiger partial charge is 0.496 e. The highest BCUT2D eigenvalue weighted by atomic mass is 35.5. The van der Waals surface area contributed by atoms with Crippen LogP contribution in [0.25, 0.3) is 11.1 Å². The van der Waals surface area contributed by atoms with Crippen LogP contribution in [-0.4, -0.2) is 32.5 Å². The van der Waals surface area contributed by atoms with Crippen LogP contribution in [0, 0.1) is 0 Å². The summed E-state index contributed by atoms with van der Waals surface area (Å²) in [5.41, 5.74) is 4.48. The Morgan fingerprint density at radius 3 is 2.30 bits per heavy atom. The molecule has 7 nitrogen and oxygen atoms in total. The Morgan fingerprint density at radius 2 is 1.68 bits per heavy atom. The van der Waals surface area contributed by atoms with E-state index in [2.05, 4.69) is 44.5 Å². The summed E-state index contributed by atoms with van der Waals surface area (Å²) in [5.74, 6) is 0.439. The number of ether oxygens (including phenoxy) is 1.